The van der Waals surface area contributed by atoms with Crippen molar-refractivity contribution in [2.75, 3.05) is 6.61 Å². The van der Waals surface area contributed by atoms with Crippen LogP contribution in [-0.2, 0) is 9.53 Å². The summed E-state index contributed by atoms with van der Waals surface area (Å²) >= 11 is 0. The maximum Gasteiger partial charge on any atom is 0.335 e. The van der Waals surface area contributed by atoms with Crippen LogP contribution < -0.4 is 0 Å². The molecular weight excluding hydrogens is 224 g/mol. The molecule has 0 bridgehead atoms. The molecule has 6 N–H and O–H groups in total. The quantitative estimate of drug-likeness (QED) is 0.294. The zero-order valence-electron chi connectivity index (χ0n) is 8.17. The van der Waals surface area contributed by atoms with Crippen LogP contribution in [0.15, 0.2) is 0 Å². The van der Waals surface area contributed by atoms with E-state index in [4.69, 9.17) is 14.9 Å². The fraction of sp³-hybridized carbons (Fsp3) is 0.875. The lowest BCUT2D eigenvalue weighted by molar-refractivity contribution is -0.247. The van der Waals surface area contributed by atoms with Crippen molar-refractivity contribution in [3.05, 3.63) is 0 Å². The number of aliphatic hydroxyl groups excluding tert-OH is 5. The minimum absolute atomic E-state index is 0.767. The van der Waals surface area contributed by atoms with Gasteiger partial charge in [-0.2, -0.15) is 0 Å². The summed E-state index contributed by atoms with van der Waals surface area (Å²) in [7, 11) is 0. The molecular formula is C8H14O8. The van der Waals surface area contributed by atoms with Gasteiger partial charge in [0.25, 0.3) is 0 Å². The SMILES string of the molecule is O=C(O)[C@@H]1O[C@H]([C@H](O)CO)[C@H](O)[C@H](O)[C@H]1O. The van der Waals surface area contributed by atoms with E-state index < -0.39 is 49.2 Å². The Hall–Kier alpha value is -0.770. The maximum absolute atomic E-state index is 10.7. The summed E-state index contributed by atoms with van der Waals surface area (Å²) < 4.78 is 4.73. The van der Waals surface area contributed by atoms with Crippen molar-refractivity contribution in [3.63, 3.8) is 0 Å². The molecule has 0 spiro atoms. The molecule has 1 heterocycles. The van der Waals surface area contributed by atoms with Crippen molar-refractivity contribution in [3.8, 4) is 0 Å². The van der Waals surface area contributed by atoms with Crippen molar-refractivity contribution in [1.82, 2.24) is 0 Å². The molecule has 0 aliphatic carbocycles. The zero-order valence-corrected chi connectivity index (χ0v) is 8.17. The molecule has 1 aliphatic rings. The predicted molar refractivity (Wildman–Crippen MR) is 47.4 cm³/mol. The third-order valence-corrected chi connectivity index (χ3v) is 2.46. The highest BCUT2D eigenvalue weighted by molar-refractivity contribution is 5.73. The van der Waals surface area contributed by atoms with Crippen LogP contribution in [0.3, 0.4) is 0 Å². The highest BCUT2D eigenvalue weighted by Gasteiger charge is 2.48. The van der Waals surface area contributed by atoms with Crippen molar-refractivity contribution in [1.29, 1.82) is 0 Å². The maximum atomic E-state index is 10.7. The second kappa shape index (κ2) is 5.04. The van der Waals surface area contributed by atoms with Crippen molar-refractivity contribution >= 4 is 5.97 Å². The molecule has 16 heavy (non-hydrogen) atoms. The molecule has 0 unspecified atom stereocenters. The normalized spacial score (nSPS) is 41.7. The van der Waals surface area contributed by atoms with Crippen LogP contribution in [0.2, 0.25) is 0 Å². The third kappa shape index (κ3) is 2.32. The van der Waals surface area contributed by atoms with E-state index in [0.29, 0.717) is 0 Å². The monoisotopic (exact) mass is 238 g/mol. The number of rotatable bonds is 3. The first-order valence-corrected chi connectivity index (χ1v) is 4.61. The second-order valence-corrected chi connectivity index (χ2v) is 3.58. The smallest absolute Gasteiger partial charge is 0.335 e. The van der Waals surface area contributed by atoms with Gasteiger partial charge < -0.3 is 35.4 Å². The Balaban J connectivity index is 2.85. The average Bonchev–Trinajstić information content (AvgIpc) is 2.25. The molecule has 94 valence electrons. The van der Waals surface area contributed by atoms with E-state index in [2.05, 4.69) is 0 Å². The standard InChI is InChI=1S/C8H14O8/c9-1-2(10)6-4(12)3(11)5(13)7(16-6)8(14)15/h2-7,9-13H,1H2,(H,14,15)/t2-,3+,4-,5-,6-,7-/m1/s1. The summed E-state index contributed by atoms with van der Waals surface area (Å²) in [5.74, 6) is -1.53. The van der Waals surface area contributed by atoms with Crippen LogP contribution in [0, 0.1) is 0 Å². The molecule has 8 heteroatoms. The summed E-state index contributed by atoms with van der Waals surface area (Å²) in [5.41, 5.74) is 0. The van der Waals surface area contributed by atoms with Crippen LogP contribution in [-0.4, -0.2) is 79.8 Å². The largest absolute Gasteiger partial charge is 0.479 e. The first kappa shape index (κ1) is 13.3. The molecule has 0 aromatic heterocycles. The lowest BCUT2D eigenvalue weighted by atomic mass is 9.92. The van der Waals surface area contributed by atoms with Gasteiger partial charge in [0, 0.05) is 0 Å². The Morgan fingerprint density at radius 3 is 2.19 bits per heavy atom. The molecule has 0 aromatic rings. The Morgan fingerprint density at radius 1 is 1.19 bits per heavy atom. The fourth-order valence-electron chi connectivity index (χ4n) is 1.53. The molecule has 8 nitrogen and oxygen atoms in total. The predicted octanol–water partition coefficient (Wildman–Crippen LogP) is -3.73. The molecule has 0 aromatic carbocycles. The Morgan fingerprint density at radius 2 is 1.75 bits per heavy atom. The van der Waals surface area contributed by atoms with Gasteiger partial charge in [0.1, 0.15) is 30.5 Å². The lowest BCUT2D eigenvalue weighted by Crippen LogP contribution is -2.62. The number of aliphatic carboxylic acids is 1. The van der Waals surface area contributed by atoms with E-state index in [1.54, 1.807) is 0 Å². The van der Waals surface area contributed by atoms with Gasteiger partial charge in [-0.05, 0) is 0 Å². The minimum Gasteiger partial charge on any atom is -0.479 e. The fourth-order valence-corrected chi connectivity index (χ4v) is 1.53. The highest BCUT2D eigenvalue weighted by Crippen LogP contribution is 2.23. The summed E-state index contributed by atoms with van der Waals surface area (Å²) in [4.78, 5) is 10.7. The Bertz CT molecular complexity index is 256. The molecule has 0 amide bonds. The zero-order chi connectivity index (χ0) is 12.5. The lowest BCUT2D eigenvalue weighted by Gasteiger charge is -2.40. The van der Waals surface area contributed by atoms with Gasteiger partial charge >= 0.3 is 5.97 Å². The summed E-state index contributed by atoms with van der Waals surface area (Å²) in [6, 6.07) is 0. The van der Waals surface area contributed by atoms with Crippen LogP contribution in [0.1, 0.15) is 0 Å². The number of carbonyl (C=O) groups is 1. The van der Waals surface area contributed by atoms with E-state index in [1.165, 1.54) is 0 Å². The van der Waals surface area contributed by atoms with Gasteiger partial charge in [0.15, 0.2) is 6.10 Å². The van der Waals surface area contributed by atoms with Crippen molar-refractivity contribution in [2.45, 2.75) is 36.6 Å². The van der Waals surface area contributed by atoms with E-state index in [1.807, 2.05) is 0 Å². The number of hydrogen-bond donors (Lipinski definition) is 6. The van der Waals surface area contributed by atoms with Gasteiger partial charge in [-0.1, -0.05) is 0 Å². The number of aliphatic hydroxyl groups is 5. The molecule has 6 atom stereocenters. The second-order valence-electron chi connectivity index (χ2n) is 3.58. The van der Waals surface area contributed by atoms with Gasteiger partial charge in [0.2, 0.25) is 0 Å². The van der Waals surface area contributed by atoms with Gasteiger partial charge in [-0.25, -0.2) is 4.79 Å². The summed E-state index contributed by atoms with van der Waals surface area (Å²) in [6.07, 6.45) is -10.0. The van der Waals surface area contributed by atoms with E-state index in [0.717, 1.165) is 0 Å². The highest BCUT2D eigenvalue weighted by atomic mass is 16.6. The first-order valence-electron chi connectivity index (χ1n) is 4.61. The molecule has 0 saturated carbocycles. The van der Waals surface area contributed by atoms with Gasteiger partial charge in [-0.3, -0.25) is 0 Å². The number of ether oxygens (including phenoxy) is 1. The first-order chi connectivity index (χ1) is 7.40. The van der Waals surface area contributed by atoms with Crippen molar-refractivity contribution < 1.29 is 40.2 Å². The van der Waals surface area contributed by atoms with E-state index >= 15 is 0 Å². The summed E-state index contributed by atoms with van der Waals surface area (Å²) in [6.45, 7) is -0.767. The Labute approximate surface area is 90.3 Å². The minimum atomic E-state index is -1.80. The number of carboxylic acid groups (broad SMARTS) is 1. The third-order valence-electron chi connectivity index (χ3n) is 2.46. The Kier molecular flexibility index (Phi) is 4.19. The molecule has 0 radical (unpaired) electrons. The topological polar surface area (TPSA) is 148 Å². The van der Waals surface area contributed by atoms with Gasteiger partial charge in [-0.15, -0.1) is 0 Å². The number of hydrogen-bond acceptors (Lipinski definition) is 7. The average molecular weight is 238 g/mol. The van der Waals surface area contributed by atoms with Gasteiger partial charge in [0.05, 0.1) is 6.61 Å². The molecule has 1 fully saturated rings. The number of carboxylic acids is 1. The van der Waals surface area contributed by atoms with Crippen LogP contribution >= 0.6 is 0 Å². The molecule has 1 aliphatic heterocycles. The molecule has 1 saturated heterocycles. The van der Waals surface area contributed by atoms with E-state index in [9.17, 15) is 25.2 Å². The van der Waals surface area contributed by atoms with Crippen LogP contribution in [0.25, 0.3) is 0 Å². The van der Waals surface area contributed by atoms with Crippen molar-refractivity contribution in [2.24, 2.45) is 0 Å². The summed E-state index contributed by atoms with van der Waals surface area (Å²) in [5, 5.41) is 54.6. The molecule has 1 rings (SSSR count). The van der Waals surface area contributed by atoms with Crippen LogP contribution in [0.5, 0.6) is 0 Å². The van der Waals surface area contributed by atoms with E-state index in [-0.39, 0.29) is 0 Å². The van der Waals surface area contributed by atoms with Crippen LogP contribution in [0.4, 0.5) is 0 Å².